The zero-order valence-electron chi connectivity index (χ0n) is 8.06. The number of nitrogens with zero attached hydrogens (tertiary/aromatic N) is 1. The van der Waals surface area contributed by atoms with Crippen LogP contribution in [0.15, 0.2) is 18.2 Å². The molecule has 5 nitrogen and oxygen atoms in total. The molecule has 2 amide bonds. The van der Waals surface area contributed by atoms with Crippen LogP contribution in [-0.2, 0) is 0 Å². The SMILES string of the molecule is NCCN1C(=O)c2cccc(N)c2C1=O. The summed E-state index contributed by atoms with van der Waals surface area (Å²) >= 11 is 0. The number of rotatable bonds is 2. The Bertz CT molecular complexity index is 442. The minimum Gasteiger partial charge on any atom is -0.398 e. The average molecular weight is 205 g/mol. The van der Waals surface area contributed by atoms with Crippen LogP contribution in [0.5, 0.6) is 0 Å². The van der Waals surface area contributed by atoms with Crippen molar-refractivity contribution in [3.05, 3.63) is 29.3 Å². The lowest BCUT2D eigenvalue weighted by Crippen LogP contribution is -2.34. The highest BCUT2D eigenvalue weighted by molar-refractivity contribution is 6.23. The molecule has 0 saturated carbocycles. The van der Waals surface area contributed by atoms with Crippen molar-refractivity contribution in [3.8, 4) is 0 Å². The van der Waals surface area contributed by atoms with Gasteiger partial charge in [-0.3, -0.25) is 14.5 Å². The highest BCUT2D eigenvalue weighted by Crippen LogP contribution is 2.26. The van der Waals surface area contributed by atoms with E-state index in [0.29, 0.717) is 16.8 Å². The molecule has 0 atom stereocenters. The lowest BCUT2D eigenvalue weighted by molar-refractivity contribution is 0.0659. The van der Waals surface area contributed by atoms with Gasteiger partial charge >= 0.3 is 0 Å². The Balaban J connectivity index is 2.51. The summed E-state index contributed by atoms with van der Waals surface area (Å²) < 4.78 is 0. The smallest absolute Gasteiger partial charge is 0.263 e. The number of anilines is 1. The largest absolute Gasteiger partial charge is 0.398 e. The molecule has 1 heterocycles. The summed E-state index contributed by atoms with van der Waals surface area (Å²) in [5, 5.41) is 0. The van der Waals surface area contributed by atoms with Gasteiger partial charge in [-0.25, -0.2) is 0 Å². The van der Waals surface area contributed by atoms with Gasteiger partial charge in [-0.2, -0.15) is 0 Å². The molecule has 0 aromatic heterocycles. The number of carbonyl (C=O) groups is 2. The Hall–Kier alpha value is -1.88. The van der Waals surface area contributed by atoms with Crippen molar-refractivity contribution in [1.29, 1.82) is 0 Å². The summed E-state index contributed by atoms with van der Waals surface area (Å²) in [5.41, 5.74) is 12.0. The topological polar surface area (TPSA) is 89.4 Å². The van der Waals surface area contributed by atoms with E-state index in [4.69, 9.17) is 11.5 Å². The third kappa shape index (κ3) is 1.28. The molecular formula is C10H11N3O2. The first-order valence-electron chi connectivity index (χ1n) is 4.61. The fourth-order valence-corrected chi connectivity index (χ4v) is 1.69. The zero-order valence-corrected chi connectivity index (χ0v) is 8.06. The van der Waals surface area contributed by atoms with Crippen molar-refractivity contribution in [2.24, 2.45) is 5.73 Å². The van der Waals surface area contributed by atoms with Gasteiger partial charge < -0.3 is 11.5 Å². The van der Waals surface area contributed by atoms with E-state index in [9.17, 15) is 9.59 Å². The molecule has 2 rings (SSSR count). The lowest BCUT2D eigenvalue weighted by atomic mass is 10.1. The number of fused-ring (bicyclic) bond motifs is 1. The van der Waals surface area contributed by atoms with Crippen LogP contribution in [-0.4, -0.2) is 29.8 Å². The first-order valence-corrected chi connectivity index (χ1v) is 4.61. The molecule has 0 fully saturated rings. The van der Waals surface area contributed by atoms with E-state index in [0.717, 1.165) is 4.90 Å². The predicted molar refractivity (Wildman–Crippen MR) is 55.3 cm³/mol. The van der Waals surface area contributed by atoms with Gasteiger partial charge in [-0.05, 0) is 12.1 Å². The Labute approximate surface area is 86.6 Å². The molecule has 5 heteroatoms. The summed E-state index contributed by atoms with van der Waals surface area (Å²) in [6, 6.07) is 4.86. The van der Waals surface area contributed by atoms with Crippen molar-refractivity contribution in [2.45, 2.75) is 0 Å². The highest BCUT2D eigenvalue weighted by Gasteiger charge is 2.36. The zero-order chi connectivity index (χ0) is 11.0. The minimum atomic E-state index is -0.349. The van der Waals surface area contributed by atoms with E-state index in [1.165, 1.54) is 0 Å². The number of imide groups is 1. The predicted octanol–water partition coefficient (Wildman–Crippen LogP) is -0.177. The van der Waals surface area contributed by atoms with Crippen LogP contribution < -0.4 is 11.5 Å². The number of benzene rings is 1. The van der Waals surface area contributed by atoms with E-state index >= 15 is 0 Å². The number of hydrogen-bond donors (Lipinski definition) is 2. The third-order valence-electron chi connectivity index (χ3n) is 2.38. The quantitative estimate of drug-likeness (QED) is 0.518. The fraction of sp³-hybridized carbons (Fsp3) is 0.200. The Kier molecular flexibility index (Phi) is 2.17. The van der Waals surface area contributed by atoms with E-state index < -0.39 is 0 Å². The van der Waals surface area contributed by atoms with Crippen LogP contribution >= 0.6 is 0 Å². The molecule has 1 aromatic rings. The summed E-state index contributed by atoms with van der Waals surface area (Å²) in [7, 11) is 0. The molecular weight excluding hydrogens is 194 g/mol. The second kappa shape index (κ2) is 3.36. The number of amides is 2. The molecule has 0 bridgehead atoms. The van der Waals surface area contributed by atoms with Gasteiger partial charge in [0.25, 0.3) is 11.8 Å². The van der Waals surface area contributed by atoms with E-state index in [1.807, 2.05) is 0 Å². The lowest BCUT2D eigenvalue weighted by Gasteiger charge is -2.11. The summed E-state index contributed by atoms with van der Waals surface area (Å²) in [6.45, 7) is 0.483. The second-order valence-electron chi connectivity index (χ2n) is 3.32. The number of nitrogen functional groups attached to an aromatic ring is 1. The van der Waals surface area contributed by atoms with Crippen molar-refractivity contribution in [3.63, 3.8) is 0 Å². The van der Waals surface area contributed by atoms with Gasteiger partial charge in [0.15, 0.2) is 0 Å². The number of hydrogen-bond acceptors (Lipinski definition) is 4. The standard InChI is InChI=1S/C10H11N3O2/c11-4-5-13-9(14)6-2-1-3-7(12)8(6)10(13)15/h1-3H,4-5,11-12H2. The van der Waals surface area contributed by atoms with Crippen LogP contribution in [0.1, 0.15) is 20.7 Å². The van der Waals surface area contributed by atoms with Crippen molar-refractivity contribution in [1.82, 2.24) is 4.90 Å². The molecule has 15 heavy (non-hydrogen) atoms. The molecule has 0 saturated heterocycles. The van der Waals surface area contributed by atoms with Gasteiger partial charge in [0.1, 0.15) is 0 Å². The molecule has 0 radical (unpaired) electrons. The van der Waals surface area contributed by atoms with E-state index in [1.54, 1.807) is 18.2 Å². The number of nitrogens with two attached hydrogens (primary N) is 2. The first kappa shape index (κ1) is 9.67. The maximum Gasteiger partial charge on any atom is 0.263 e. The van der Waals surface area contributed by atoms with Crippen molar-refractivity contribution >= 4 is 17.5 Å². The minimum absolute atomic E-state index is 0.228. The summed E-state index contributed by atoms with van der Waals surface area (Å²) in [4.78, 5) is 24.7. The number of carbonyl (C=O) groups excluding carboxylic acids is 2. The van der Waals surface area contributed by atoms with Crippen molar-refractivity contribution < 1.29 is 9.59 Å². The molecule has 0 unspecified atom stereocenters. The molecule has 1 aliphatic heterocycles. The Morgan fingerprint density at radius 3 is 2.53 bits per heavy atom. The molecule has 1 aromatic carbocycles. The van der Waals surface area contributed by atoms with Crippen LogP contribution in [0.25, 0.3) is 0 Å². The van der Waals surface area contributed by atoms with Crippen LogP contribution in [0.3, 0.4) is 0 Å². The summed E-state index contributed by atoms with van der Waals surface area (Å²) in [5.74, 6) is -0.661. The molecule has 78 valence electrons. The van der Waals surface area contributed by atoms with E-state index in [2.05, 4.69) is 0 Å². The molecule has 4 N–H and O–H groups in total. The summed E-state index contributed by atoms with van der Waals surface area (Å²) in [6.07, 6.45) is 0. The van der Waals surface area contributed by atoms with E-state index in [-0.39, 0.29) is 24.9 Å². The van der Waals surface area contributed by atoms with Crippen LogP contribution in [0.2, 0.25) is 0 Å². The van der Waals surface area contributed by atoms with Gasteiger partial charge in [0.05, 0.1) is 11.1 Å². The van der Waals surface area contributed by atoms with Gasteiger partial charge in [0.2, 0.25) is 0 Å². The third-order valence-corrected chi connectivity index (χ3v) is 2.38. The second-order valence-corrected chi connectivity index (χ2v) is 3.32. The molecule has 1 aliphatic rings. The van der Waals surface area contributed by atoms with Gasteiger partial charge in [-0.1, -0.05) is 6.07 Å². The van der Waals surface area contributed by atoms with Crippen LogP contribution in [0.4, 0.5) is 5.69 Å². The normalized spacial score (nSPS) is 14.6. The molecule has 0 spiro atoms. The van der Waals surface area contributed by atoms with Crippen LogP contribution in [0, 0.1) is 0 Å². The van der Waals surface area contributed by atoms with Crippen molar-refractivity contribution in [2.75, 3.05) is 18.8 Å². The maximum atomic E-state index is 11.8. The first-order chi connectivity index (χ1) is 7.16. The monoisotopic (exact) mass is 205 g/mol. The maximum absolute atomic E-state index is 11.8. The average Bonchev–Trinajstić information content (AvgIpc) is 2.45. The fourth-order valence-electron chi connectivity index (χ4n) is 1.69. The Morgan fingerprint density at radius 1 is 1.20 bits per heavy atom. The molecule has 0 aliphatic carbocycles. The van der Waals surface area contributed by atoms with Gasteiger partial charge in [0, 0.05) is 18.8 Å². The highest BCUT2D eigenvalue weighted by atomic mass is 16.2. The van der Waals surface area contributed by atoms with Gasteiger partial charge in [-0.15, -0.1) is 0 Å². The Morgan fingerprint density at radius 2 is 1.93 bits per heavy atom.